The van der Waals surface area contributed by atoms with E-state index in [-0.39, 0.29) is 12.1 Å². The Balaban J connectivity index is 1.73. The minimum Gasteiger partial charge on any atom is -0.390 e. The summed E-state index contributed by atoms with van der Waals surface area (Å²) < 4.78 is 5.30. The maximum Gasteiger partial charge on any atom is 0.0791 e. The molecule has 0 spiro atoms. The first-order valence-corrected chi connectivity index (χ1v) is 7.50. The van der Waals surface area contributed by atoms with Crippen LogP contribution in [-0.2, 0) is 4.74 Å². The number of β-amino-alcohol motifs (C(OH)–C–C–N with tert-alkyl or cyclic N) is 1. The van der Waals surface area contributed by atoms with Crippen molar-refractivity contribution < 1.29 is 9.84 Å². The first-order chi connectivity index (χ1) is 9.65. The lowest BCUT2D eigenvalue weighted by Crippen LogP contribution is -2.44. The highest BCUT2D eigenvalue weighted by Gasteiger charge is 2.15. The fraction of sp³-hybridized carbons (Fsp3) is 0.600. The van der Waals surface area contributed by atoms with Gasteiger partial charge in [0.1, 0.15) is 0 Å². The third kappa shape index (κ3) is 5.04. The second-order valence-corrected chi connectivity index (χ2v) is 5.69. The molecule has 2 rings (SSSR count). The summed E-state index contributed by atoms with van der Waals surface area (Å²) >= 11 is 5.98. The van der Waals surface area contributed by atoms with E-state index in [1.165, 1.54) is 0 Å². The quantitative estimate of drug-likeness (QED) is 0.839. The van der Waals surface area contributed by atoms with Crippen LogP contribution < -0.4 is 5.32 Å². The molecule has 1 aromatic rings. The molecule has 20 heavy (non-hydrogen) atoms. The van der Waals surface area contributed by atoms with E-state index in [2.05, 4.69) is 17.1 Å². The number of rotatable bonds is 6. The second-order valence-electron chi connectivity index (χ2n) is 5.25. The molecule has 1 saturated heterocycles. The number of halogens is 1. The first kappa shape index (κ1) is 15.7. The molecule has 0 amide bonds. The molecule has 0 saturated carbocycles. The van der Waals surface area contributed by atoms with Crippen molar-refractivity contribution in [1.82, 2.24) is 10.2 Å². The summed E-state index contributed by atoms with van der Waals surface area (Å²) in [5.41, 5.74) is 1.14. The fourth-order valence-electron chi connectivity index (χ4n) is 2.35. The molecular weight excluding hydrogens is 276 g/mol. The van der Waals surface area contributed by atoms with E-state index in [0.29, 0.717) is 13.1 Å². The minimum absolute atomic E-state index is 0.174. The van der Waals surface area contributed by atoms with Gasteiger partial charge in [-0.05, 0) is 24.6 Å². The number of nitrogens with one attached hydrogen (secondary N) is 1. The van der Waals surface area contributed by atoms with Gasteiger partial charge in [0, 0.05) is 37.2 Å². The second kappa shape index (κ2) is 7.96. The Hall–Kier alpha value is -0.650. The van der Waals surface area contributed by atoms with E-state index in [9.17, 15) is 5.11 Å². The number of nitrogens with zero attached hydrogens (tertiary/aromatic N) is 1. The van der Waals surface area contributed by atoms with Gasteiger partial charge in [0.15, 0.2) is 0 Å². The third-order valence-corrected chi connectivity index (χ3v) is 3.82. The number of hydrogen-bond donors (Lipinski definition) is 2. The third-order valence-electron chi connectivity index (χ3n) is 3.58. The van der Waals surface area contributed by atoms with Crippen LogP contribution in [0.3, 0.4) is 0 Å². The number of benzene rings is 1. The summed E-state index contributed by atoms with van der Waals surface area (Å²) in [4.78, 5) is 2.24. The van der Waals surface area contributed by atoms with Crippen LogP contribution in [0.15, 0.2) is 24.3 Å². The van der Waals surface area contributed by atoms with Crippen LogP contribution in [0.2, 0.25) is 5.02 Å². The molecule has 0 bridgehead atoms. The van der Waals surface area contributed by atoms with Crippen molar-refractivity contribution in [2.75, 3.05) is 39.4 Å². The van der Waals surface area contributed by atoms with Crippen molar-refractivity contribution in [1.29, 1.82) is 0 Å². The summed E-state index contributed by atoms with van der Waals surface area (Å²) in [5.74, 6) is 0. The molecule has 2 N–H and O–H groups in total. The molecule has 0 aromatic heterocycles. The van der Waals surface area contributed by atoms with Gasteiger partial charge in [-0.25, -0.2) is 0 Å². The molecule has 5 heteroatoms. The topological polar surface area (TPSA) is 44.7 Å². The molecule has 4 nitrogen and oxygen atoms in total. The number of aliphatic hydroxyl groups is 1. The number of aliphatic hydroxyl groups excluding tert-OH is 1. The predicted molar refractivity (Wildman–Crippen MR) is 81.1 cm³/mol. The minimum atomic E-state index is -0.366. The molecule has 0 aliphatic carbocycles. The van der Waals surface area contributed by atoms with Gasteiger partial charge in [-0.3, -0.25) is 4.90 Å². The van der Waals surface area contributed by atoms with E-state index in [1.54, 1.807) is 0 Å². The standard InChI is InChI=1S/C15H23ClN2O2/c1-12(13-3-2-4-14(16)9-13)17-10-15(19)11-18-5-7-20-8-6-18/h2-4,9,12,15,17,19H,5-8,10-11H2,1H3/t12-,15?/m1/s1. The maximum absolute atomic E-state index is 10.1. The Kier molecular flexibility index (Phi) is 6.26. The van der Waals surface area contributed by atoms with Crippen molar-refractivity contribution in [2.45, 2.75) is 19.1 Å². The summed E-state index contributed by atoms with van der Waals surface area (Å²) in [6.45, 7) is 6.68. The predicted octanol–water partition coefficient (Wildman–Crippen LogP) is 1.68. The first-order valence-electron chi connectivity index (χ1n) is 7.12. The molecule has 1 unspecified atom stereocenters. The summed E-state index contributed by atoms with van der Waals surface area (Å²) in [6, 6.07) is 7.98. The Morgan fingerprint density at radius 1 is 1.40 bits per heavy atom. The molecule has 2 atom stereocenters. The summed E-state index contributed by atoms with van der Waals surface area (Å²) in [5, 5.41) is 14.2. The highest BCUT2D eigenvalue weighted by molar-refractivity contribution is 6.30. The van der Waals surface area contributed by atoms with E-state index >= 15 is 0 Å². The van der Waals surface area contributed by atoms with Crippen molar-refractivity contribution in [3.05, 3.63) is 34.9 Å². The fourth-order valence-corrected chi connectivity index (χ4v) is 2.55. The smallest absolute Gasteiger partial charge is 0.0791 e. The van der Waals surface area contributed by atoms with Crippen LogP contribution >= 0.6 is 11.6 Å². The Morgan fingerprint density at radius 3 is 2.85 bits per heavy atom. The molecule has 1 heterocycles. The van der Waals surface area contributed by atoms with Gasteiger partial charge in [-0.15, -0.1) is 0 Å². The Morgan fingerprint density at radius 2 is 2.15 bits per heavy atom. The van der Waals surface area contributed by atoms with E-state index in [4.69, 9.17) is 16.3 Å². The van der Waals surface area contributed by atoms with Gasteiger partial charge >= 0.3 is 0 Å². The van der Waals surface area contributed by atoms with Crippen LogP contribution in [0.5, 0.6) is 0 Å². The van der Waals surface area contributed by atoms with Crippen molar-refractivity contribution in [3.8, 4) is 0 Å². The molecular formula is C15H23ClN2O2. The van der Waals surface area contributed by atoms with Crippen molar-refractivity contribution in [2.24, 2.45) is 0 Å². The monoisotopic (exact) mass is 298 g/mol. The van der Waals surface area contributed by atoms with Crippen molar-refractivity contribution in [3.63, 3.8) is 0 Å². The highest BCUT2D eigenvalue weighted by atomic mass is 35.5. The number of ether oxygens (including phenoxy) is 1. The van der Waals surface area contributed by atoms with Crippen LogP contribution in [0, 0.1) is 0 Å². The highest BCUT2D eigenvalue weighted by Crippen LogP contribution is 2.17. The zero-order chi connectivity index (χ0) is 14.4. The molecule has 112 valence electrons. The van der Waals surface area contributed by atoms with E-state index < -0.39 is 0 Å². The van der Waals surface area contributed by atoms with Crippen LogP contribution in [0.1, 0.15) is 18.5 Å². The summed E-state index contributed by atoms with van der Waals surface area (Å²) in [7, 11) is 0. The Labute approximate surface area is 125 Å². The zero-order valence-electron chi connectivity index (χ0n) is 11.9. The van der Waals surface area contributed by atoms with Crippen LogP contribution in [-0.4, -0.2) is 55.5 Å². The summed E-state index contributed by atoms with van der Waals surface area (Å²) in [6.07, 6.45) is -0.366. The number of morpholine rings is 1. The van der Waals surface area contributed by atoms with Crippen LogP contribution in [0.25, 0.3) is 0 Å². The van der Waals surface area contributed by atoms with Gasteiger partial charge in [0.25, 0.3) is 0 Å². The van der Waals surface area contributed by atoms with Gasteiger partial charge < -0.3 is 15.2 Å². The van der Waals surface area contributed by atoms with Gasteiger partial charge in [-0.1, -0.05) is 23.7 Å². The Bertz CT molecular complexity index is 411. The average molecular weight is 299 g/mol. The van der Waals surface area contributed by atoms with Crippen molar-refractivity contribution >= 4 is 11.6 Å². The van der Waals surface area contributed by atoms with E-state index in [0.717, 1.165) is 36.9 Å². The van der Waals surface area contributed by atoms with Gasteiger partial charge in [0.05, 0.1) is 19.3 Å². The SMILES string of the molecule is C[C@@H](NCC(O)CN1CCOCC1)c1cccc(Cl)c1. The van der Waals surface area contributed by atoms with E-state index in [1.807, 2.05) is 24.3 Å². The van der Waals surface area contributed by atoms with Crippen LogP contribution in [0.4, 0.5) is 0 Å². The lowest BCUT2D eigenvalue weighted by molar-refractivity contribution is 0.0145. The van der Waals surface area contributed by atoms with Gasteiger partial charge in [-0.2, -0.15) is 0 Å². The molecule has 1 aliphatic heterocycles. The molecule has 1 fully saturated rings. The van der Waals surface area contributed by atoms with Gasteiger partial charge in [0.2, 0.25) is 0 Å². The molecule has 1 aliphatic rings. The lowest BCUT2D eigenvalue weighted by Gasteiger charge is -2.29. The average Bonchev–Trinajstić information content (AvgIpc) is 2.46. The maximum atomic E-state index is 10.1. The largest absolute Gasteiger partial charge is 0.390 e. The lowest BCUT2D eigenvalue weighted by atomic mass is 10.1. The molecule has 1 aromatic carbocycles. The molecule has 0 radical (unpaired) electrons. The normalized spacial score (nSPS) is 19.8. The number of hydrogen-bond acceptors (Lipinski definition) is 4. The zero-order valence-corrected chi connectivity index (χ0v) is 12.6.